The molecule has 1 heterocycles. The van der Waals surface area contributed by atoms with Crippen molar-refractivity contribution >= 4 is 5.69 Å². The summed E-state index contributed by atoms with van der Waals surface area (Å²) in [6, 6.07) is 5.93. The van der Waals surface area contributed by atoms with Crippen molar-refractivity contribution in [1.82, 2.24) is 4.90 Å². The zero-order valence-corrected chi connectivity index (χ0v) is 11.2. The van der Waals surface area contributed by atoms with E-state index in [2.05, 4.69) is 16.7 Å². The number of aliphatic hydroxyl groups excluding tert-OH is 1. The molecule has 1 saturated heterocycles. The van der Waals surface area contributed by atoms with Gasteiger partial charge in [0.2, 0.25) is 0 Å². The van der Waals surface area contributed by atoms with Gasteiger partial charge in [-0.15, -0.1) is 0 Å². The summed E-state index contributed by atoms with van der Waals surface area (Å²) in [5.74, 6) is 0.853. The number of hydrogen-bond acceptors (Lipinski definition) is 4. The maximum atomic E-state index is 9.15. The fourth-order valence-electron chi connectivity index (χ4n) is 2.39. The summed E-state index contributed by atoms with van der Waals surface area (Å²) in [4.78, 5) is 4.80. The molecule has 4 heteroatoms. The lowest BCUT2D eigenvalue weighted by Gasteiger charge is -2.36. The van der Waals surface area contributed by atoms with E-state index in [1.165, 1.54) is 0 Å². The van der Waals surface area contributed by atoms with Crippen LogP contribution in [0.4, 0.5) is 5.69 Å². The Labute approximate surface area is 109 Å². The minimum absolute atomic E-state index is 0.0558. The highest BCUT2D eigenvalue weighted by atomic mass is 16.5. The second-order valence-corrected chi connectivity index (χ2v) is 4.59. The average Bonchev–Trinajstić information content (AvgIpc) is 2.46. The number of piperazine rings is 1. The topological polar surface area (TPSA) is 35.9 Å². The third kappa shape index (κ3) is 2.76. The molecule has 0 aromatic heterocycles. The van der Waals surface area contributed by atoms with Crippen molar-refractivity contribution in [3.05, 3.63) is 23.8 Å². The molecular formula is C14H22N2O2. The van der Waals surface area contributed by atoms with Gasteiger partial charge in [-0.3, -0.25) is 0 Å². The van der Waals surface area contributed by atoms with E-state index >= 15 is 0 Å². The van der Waals surface area contributed by atoms with Crippen molar-refractivity contribution in [3.63, 3.8) is 0 Å². The SMILES string of the molecule is CCN1CCN(c2ccc(CO)cc2OC)CC1. The standard InChI is InChI=1S/C14H22N2O2/c1-3-15-6-8-16(9-7-15)13-5-4-12(11-17)10-14(13)18-2/h4-5,10,17H,3,6-9,11H2,1-2H3. The lowest BCUT2D eigenvalue weighted by molar-refractivity contribution is 0.270. The van der Waals surface area contributed by atoms with E-state index in [0.717, 1.165) is 49.7 Å². The molecule has 0 spiro atoms. The predicted octanol–water partition coefficient (Wildman–Crippen LogP) is 1.33. The van der Waals surface area contributed by atoms with Crippen LogP contribution in [0.3, 0.4) is 0 Å². The van der Waals surface area contributed by atoms with E-state index in [-0.39, 0.29) is 6.61 Å². The second-order valence-electron chi connectivity index (χ2n) is 4.59. The first kappa shape index (κ1) is 13.2. The predicted molar refractivity (Wildman–Crippen MR) is 73.2 cm³/mol. The Morgan fingerprint density at radius 2 is 1.94 bits per heavy atom. The number of methoxy groups -OCH3 is 1. The molecule has 1 aliphatic rings. The van der Waals surface area contributed by atoms with Gasteiger partial charge in [0.15, 0.2) is 0 Å². The van der Waals surface area contributed by atoms with Gasteiger partial charge in [-0.1, -0.05) is 13.0 Å². The number of ether oxygens (including phenoxy) is 1. The number of nitrogens with zero attached hydrogens (tertiary/aromatic N) is 2. The fraction of sp³-hybridized carbons (Fsp3) is 0.571. The zero-order valence-electron chi connectivity index (χ0n) is 11.2. The molecule has 0 amide bonds. The normalized spacial score (nSPS) is 16.9. The van der Waals surface area contributed by atoms with Crippen LogP contribution in [-0.2, 0) is 6.61 Å². The van der Waals surface area contributed by atoms with Crippen LogP contribution in [0.1, 0.15) is 12.5 Å². The van der Waals surface area contributed by atoms with Crippen molar-refractivity contribution in [2.75, 3.05) is 44.7 Å². The van der Waals surface area contributed by atoms with Gasteiger partial charge >= 0.3 is 0 Å². The quantitative estimate of drug-likeness (QED) is 0.874. The van der Waals surface area contributed by atoms with Gasteiger partial charge in [0.05, 0.1) is 19.4 Å². The molecular weight excluding hydrogens is 228 g/mol. The molecule has 1 aliphatic heterocycles. The number of likely N-dealkylation sites (N-methyl/N-ethyl adjacent to an activating group) is 1. The monoisotopic (exact) mass is 250 g/mol. The van der Waals surface area contributed by atoms with Crippen molar-refractivity contribution in [1.29, 1.82) is 0 Å². The Bertz CT molecular complexity index is 387. The first-order valence-corrected chi connectivity index (χ1v) is 6.53. The molecule has 1 fully saturated rings. The minimum Gasteiger partial charge on any atom is -0.495 e. The summed E-state index contributed by atoms with van der Waals surface area (Å²) in [5, 5.41) is 9.15. The Morgan fingerprint density at radius 3 is 2.50 bits per heavy atom. The summed E-state index contributed by atoms with van der Waals surface area (Å²) in [6.45, 7) is 7.63. The smallest absolute Gasteiger partial charge is 0.142 e. The van der Waals surface area contributed by atoms with Crippen molar-refractivity contribution < 1.29 is 9.84 Å². The summed E-state index contributed by atoms with van der Waals surface area (Å²) in [7, 11) is 1.68. The molecule has 0 bridgehead atoms. The fourth-order valence-corrected chi connectivity index (χ4v) is 2.39. The number of hydrogen-bond donors (Lipinski definition) is 1. The van der Waals surface area contributed by atoms with E-state index in [4.69, 9.17) is 9.84 Å². The van der Waals surface area contributed by atoms with Gasteiger partial charge in [0.25, 0.3) is 0 Å². The van der Waals surface area contributed by atoms with Crippen LogP contribution >= 0.6 is 0 Å². The molecule has 0 saturated carbocycles. The van der Waals surface area contributed by atoms with E-state index in [0.29, 0.717) is 0 Å². The van der Waals surface area contributed by atoms with Gasteiger partial charge in [0, 0.05) is 26.2 Å². The molecule has 0 aliphatic carbocycles. The third-order valence-electron chi connectivity index (χ3n) is 3.59. The highest BCUT2D eigenvalue weighted by molar-refractivity contribution is 5.60. The number of anilines is 1. The van der Waals surface area contributed by atoms with Crippen LogP contribution in [0, 0.1) is 0 Å². The molecule has 0 atom stereocenters. The molecule has 1 N–H and O–H groups in total. The zero-order chi connectivity index (χ0) is 13.0. The Kier molecular flexibility index (Phi) is 4.44. The number of benzene rings is 1. The summed E-state index contributed by atoms with van der Waals surface area (Å²) >= 11 is 0. The van der Waals surface area contributed by atoms with Crippen LogP contribution in [-0.4, -0.2) is 49.8 Å². The van der Waals surface area contributed by atoms with Crippen LogP contribution in [0.2, 0.25) is 0 Å². The van der Waals surface area contributed by atoms with Crippen LogP contribution in [0.15, 0.2) is 18.2 Å². The lowest BCUT2D eigenvalue weighted by Crippen LogP contribution is -2.46. The minimum atomic E-state index is 0.0558. The first-order valence-electron chi connectivity index (χ1n) is 6.53. The average molecular weight is 250 g/mol. The van der Waals surface area contributed by atoms with E-state index < -0.39 is 0 Å². The Balaban J connectivity index is 2.13. The largest absolute Gasteiger partial charge is 0.495 e. The van der Waals surface area contributed by atoms with Crippen LogP contribution < -0.4 is 9.64 Å². The van der Waals surface area contributed by atoms with Crippen molar-refractivity contribution in [2.24, 2.45) is 0 Å². The van der Waals surface area contributed by atoms with Gasteiger partial charge < -0.3 is 19.6 Å². The van der Waals surface area contributed by atoms with Gasteiger partial charge in [-0.2, -0.15) is 0 Å². The Hall–Kier alpha value is -1.26. The van der Waals surface area contributed by atoms with E-state index in [1.807, 2.05) is 18.2 Å². The van der Waals surface area contributed by atoms with Crippen molar-refractivity contribution in [2.45, 2.75) is 13.5 Å². The van der Waals surface area contributed by atoms with Crippen molar-refractivity contribution in [3.8, 4) is 5.75 Å². The maximum absolute atomic E-state index is 9.15. The van der Waals surface area contributed by atoms with E-state index in [1.54, 1.807) is 7.11 Å². The first-order chi connectivity index (χ1) is 8.78. The molecule has 18 heavy (non-hydrogen) atoms. The molecule has 2 rings (SSSR count). The van der Waals surface area contributed by atoms with Crippen LogP contribution in [0.5, 0.6) is 5.75 Å². The number of rotatable bonds is 4. The molecule has 1 aromatic rings. The lowest BCUT2D eigenvalue weighted by atomic mass is 10.1. The highest BCUT2D eigenvalue weighted by Gasteiger charge is 2.18. The molecule has 4 nitrogen and oxygen atoms in total. The van der Waals surface area contributed by atoms with E-state index in [9.17, 15) is 0 Å². The summed E-state index contributed by atoms with van der Waals surface area (Å²) in [6.07, 6.45) is 0. The second kappa shape index (κ2) is 6.07. The van der Waals surface area contributed by atoms with Gasteiger partial charge in [-0.05, 0) is 24.2 Å². The summed E-state index contributed by atoms with van der Waals surface area (Å²) in [5.41, 5.74) is 2.02. The maximum Gasteiger partial charge on any atom is 0.142 e. The molecule has 100 valence electrons. The number of aliphatic hydroxyl groups is 1. The van der Waals surface area contributed by atoms with Gasteiger partial charge in [-0.25, -0.2) is 0 Å². The molecule has 0 radical (unpaired) electrons. The highest BCUT2D eigenvalue weighted by Crippen LogP contribution is 2.30. The Morgan fingerprint density at radius 1 is 1.22 bits per heavy atom. The van der Waals surface area contributed by atoms with Crippen LogP contribution in [0.25, 0.3) is 0 Å². The van der Waals surface area contributed by atoms with Gasteiger partial charge in [0.1, 0.15) is 5.75 Å². The summed E-state index contributed by atoms with van der Waals surface area (Å²) < 4.78 is 5.43. The molecule has 1 aromatic carbocycles. The third-order valence-corrected chi connectivity index (χ3v) is 3.59. The molecule has 0 unspecified atom stereocenters.